The van der Waals surface area contributed by atoms with E-state index in [4.69, 9.17) is 10.4 Å². The van der Waals surface area contributed by atoms with Crippen LogP contribution in [0.4, 0.5) is 0 Å². The molecule has 5 nitrogen and oxygen atoms in total. The van der Waals surface area contributed by atoms with E-state index in [0.717, 1.165) is 11.4 Å². The van der Waals surface area contributed by atoms with Crippen LogP contribution in [0.2, 0.25) is 0 Å². The normalized spacial score (nSPS) is 10.2. The summed E-state index contributed by atoms with van der Waals surface area (Å²) in [6.45, 7) is 3.64. The van der Waals surface area contributed by atoms with Crippen LogP contribution in [0.25, 0.3) is 5.69 Å². The fourth-order valence-electron chi connectivity index (χ4n) is 2.11. The maximum atomic E-state index is 10.8. The first kappa shape index (κ1) is 12.7. The monoisotopic (exact) mass is 256 g/mol. The fraction of sp³-hybridized carbons (Fsp3) is 0.143. The molecule has 0 radical (unpaired) electrons. The van der Waals surface area contributed by atoms with E-state index in [2.05, 4.69) is 6.07 Å². The molecule has 0 aliphatic carbocycles. The van der Waals surface area contributed by atoms with E-state index in [1.807, 2.05) is 6.92 Å². The second-order valence-corrected chi connectivity index (χ2v) is 4.24. The van der Waals surface area contributed by atoms with Gasteiger partial charge in [0.1, 0.15) is 17.4 Å². The third-order valence-corrected chi connectivity index (χ3v) is 3.02. The number of carboxylic acid groups (broad SMARTS) is 1. The molecule has 0 unspecified atom stereocenters. The average molecular weight is 256 g/mol. The van der Waals surface area contributed by atoms with Gasteiger partial charge in [-0.15, -0.1) is 0 Å². The molecule has 5 heteroatoms. The van der Waals surface area contributed by atoms with Crippen LogP contribution in [0.3, 0.4) is 0 Å². The number of aromatic nitrogens is 1. The molecule has 19 heavy (non-hydrogen) atoms. The number of aromatic carboxylic acids is 1. The zero-order chi connectivity index (χ0) is 14.2. The second-order valence-electron chi connectivity index (χ2n) is 4.24. The molecular formula is C14H12N2O3. The highest BCUT2D eigenvalue weighted by Crippen LogP contribution is 2.25. The Kier molecular flexibility index (Phi) is 3.01. The fourth-order valence-corrected chi connectivity index (χ4v) is 2.11. The Hall–Kier alpha value is -2.74. The van der Waals surface area contributed by atoms with Gasteiger partial charge in [-0.25, -0.2) is 4.79 Å². The van der Waals surface area contributed by atoms with Crippen LogP contribution in [0.5, 0.6) is 5.75 Å². The molecule has 1 heterocycles. The smallest absolute Gasteiger partial charge is 0.339 e. The molecule has 0 aliphatic heterocycles. The van der Waals surface area contributed by atoms with Crippen molar-refractivity contribution in [1.82, 2.24) is 4.57 Å². The average Bonchev–Trinajstić information content (AvgIpc) is 2.63. The summed E-state index contributed by atoms with van der Waals surface area (Å²) in [6.07, 6.45) is 0. The highest BCUT2D eigenvalue weighted by molar-refractivity contribution is 5.91. The van der Waals surface area contributed by atoms with Crippen LogP contribution in [-0.2, 0) is 0 Å². The first-order valence-electron chi connectivity index (χ1n) is 5.61. The number of phenols is 1. The highest BCUT2D eigenvalue weighted by atomic mass is 16.4. The molecule has 0 saturated carbocycles. The lowest BCUT2D eigenvalue weighted by Crippen LogP contribution is -2.02. The van der Waals surface area contributed by atoms with Crippen molar-refractivity contribution in [3.05, 3.63) is 46.8 Å². The number of aromatic hydroxyl groups is 1. The molecule has 0 fully saturated rings. The number of nitrogens with zero attached hydrogens (tertiary/aromatic N) is 2. The minimum atomic E-state index is -1.18. The molecule has 96 valence electrons. The van der Waals surface area contributed by atoms with Gasteiger partial charge in [0.25, 0.3) is 0 Å². The van der Waals surface area contributed by atoms with E-state index >= 15 is 0 Å². The van der Waals surface area contributed by atoms with Gasteiger partial charge in [0.2, 0.25) is 0 Å². The molecule has 0 atom stereocenters. The molecule has 2 aromatic rings. The van der Waals surface area contributed by atoms with Gasteiger partial charge in [-0.05, 0) is 32.0 Å². The van der Waals surface area contributed by atoms with Gasteiger partial charge in [0.05, 0.1) is 5.56 Å². The van der Waals surface area contributed by atoms with Crippen LogP contribution >= 0.6 is 0 Å². The molecular weight excluding hydrogens is 244 g/mol. The van der Waals surface area contributed by atoms with E-state index < -0.39 is 5.97 Å². The molecule has 0 spiro atoms. The summed E-state index contributed by atoms with van der Waals surface area (Å²) >= 11 is 0. The Bertz CT molecular complexity index is 708. The Labute approximate surface area is 110 Å². The lowest BCUT2D eigenvalue weighted by molar-refractivity contribution is 0.0694. The predicted molar refractivity (Wildman–Crippen MR) is 68.6 cm³/mol. The third kappa shape index (κ3) is 2.04. The van der Waals surface area contributed by atoms with E-state index in [1.165, 1.54) is 12.1 Å². The summed E-state index contributed by atoms with van der Waals surface area (Å²) in [6, 6.07) is 8.17. The Morgan fingerprint density at radius 3 is 2.47 bits per heavy atom. The van der Waals surface area contributed by atoms with Gasteiger partial charge in [-0.1, -0.05) is 0 Å². The SMILES string of the molecule is Cc1cc(C#N)c(C)n1-c1ccc(C(=O)O)c(O)c1. The first-order valence-corrected chi connectivity index (χ1v) is 5.61. The van der Waals surface area contributed by atoms with Gasteiger partial charge in [-0.2, -0.15) is 5.26 Å². The maximum absolute atomic E-state index is 10.8. The summed E-state index contributed by atoms with van der Waals surface area (Å²) < 4.78 is 1.80. The lowest BCUT2D eigenvalue weighted by Gasteiger charge is -2.10. The largest absolute Gasteiger partial charge is 0.507 e. The van der Waals surface area contributed by atoms with Gasteiger partial charge in [0.15, 0.2) is 0 Å². The zero-order valence-corrected chi connectivity index (χ0v) is 10.5. The van der Waals surface area contributed by atoms with Gasteiger partial charge >= 0.3 is 5.97 Å². The second kappa shape index (κ2) is 4.50. The third-order valence-electron chi connectivity index (χ3n) is 3.02. The minimum absolute atomic E-state index is 0.147. The van der Waals surface area contributed by atoms with Crippen LogP contribution in [0, 0.1) is 25.2 Å². The van der Waals surface area contributed by atoms with Crippen LogP contribution in [0.1, 0.15) is 27.3 Å². The highest BCUT2D eigenvalue weighted by Gasteiger charge is 2.14. The van der Waals surface area contributed by atoms with Crippen molar-refractivity contribution in [2.75, 3.05) is 0 Å². The maximum Gasteiger partial charge on any atom is 0.339 e. The van der Waals surface area contributed by atoms with E-state index in [0.29, 0.717) is 11.3 Å². The molecule has 1 aromatic heterocycles. The quantitative estimate of drug-likeness (QED) is 0.863. The van der Waals surface area contributed by atoms with Crippen LogP contribution in [-0.4, -0.2) is 20.7 Å². The van der Waals surface area contributed by atoms with Crippen molar-refractivity contribution >= 4 is 5.97 Å². The predicted octanol–water partition coefficient (Wildman–Crippen LogP) is 2.37. The number of hydrogen-bond donors (Lipinski definition) is 2. The Morgan fingerprint density at radius 2 is 2.00 bits per heavy atom. The van der Waals surface area contributed by atoms with Crippen molar-refractivity contribution in [1.29, 1.82) is 5.26 Å². The molecule has 0 amide bonds. The summed E-state index contributed by atoms with van der Waals surface area (Å²) in [4.78, 5) is 10.8. The summed E-state index contributed by atoms with van der Waals surface area (Å²) in [5.74, 6) is -1.47. The minimum Gasteiger partial charge on any atom is -0.507 e. The molecule has 2 N–H and O–H groups in total. The number of rotatable bonds is 2. The van der Waals surface area contributed by atoms with Crippen molar-refractivity contribution in [3.8, 4) is 17.5 Å². The number of carboxylic acids is 1. The van der Waals surface area contributed by atoms with Crippen molar-refractivity contribution in [2.45, 2.75) is 13.8 Å². The number of hydrogen-bond acceptors (Lipinski definition) is 3. The summed E-state index contributed by atoms with van der Waals surface area (Å²) in [5, 5.41) is 27.6. The lowest BCUT2D eigenvalue weighted by atomic mass is 10.1. The Morgan fingerprint density at radius 1 is 1.32 bits per heavy atom. The standard InChI is InChI=1S/C14H12N2O3/c1-8-5-10(7-15)9(2)16(8)11-3-4-12(14(18)19)13(17)6-11/h3-6,17H,1-2H3,(H,18,19). The number of aryl methyl sites for hydroxylation is 1. The molecule has 2 rings (SSSR count). The first-order chi connectivity index (χ1) is 8.95. The van der Waals surface area contributed by atoms with Gasteiger partial charge in [0, 0.05) is 23.1 Å². The number of benzene rings is 1. The summed E-state index contributed by atoms with van der Waals surface area (Å²) in [7, 11) is 0. The molecule has 1 aromatic carbocycles. The summed E-state index contributed by atoms with van der Waals surface area (Å²) in [5.41, 5.74) is 2.63. The van der Waals surface area contributed by atoms with Crippen molar-refractivity contribution in [3.63, 3.8) is 0 Å². The van der Waals surface area contributed by atoms with Crippen LogP contribution in [0.15, 0.2) is 24.3 Å². The van der Waals surface area contributed by atoms with Gasteiger partial charge < -0.3 is 14.8 Å². The van der Waals surface area contributed by atoms with Crippen molar-refractivity contribution in [2.24, 2.45) is 0 Å². The molecule has 0 aliphatic rings. The van der Waals surface area contributed by atoms with E-state index in [-0.39, 0.29) is 11.3 Å². The molecule has 0 saturated heterocycles. The number of carbonyl (C=O) groups is 1. The van der Waals surface area contributed by atoms with E-state index in [1.54, 1.807) is 23.6 Å². The van der Waals surface area contributed by atoms with E-state index in [9.17, 15) is 9.90 Å². The topological polar surface area (TPSA) is 86.2 Å². The Balaban J connectivity index is 2.61. The number of nitriles is 1. The van der Waals surface area contributed by atoms with Crippen molar-refractivity contribution < 1.29 is 15.0 Å². The van der Waals surface area contributed by atoms with Gasteiger partial charge in [-0.3, -0.25) is 0 Å². The zero-order valence-electron chi connectivity index (χ0n) is 10.5. The molecule has 0 bridgehead atoms. The van der Waals surface area contributed by atoms with Crippen LogP contribution < -0.4 is 0 Å².